The molecule has 0 aromatic heterocycles. The standard InChI is InChI=1S/C15H24N2O/c1-12-6-3-4-7-14(12)15(10-16)17-8-5-9-18-13(2)11-17/h3-4,6-7,13,15H,5,8-11,16H2,1-2H3. The van der Waals surface area contributed by atoms with Gasteiger partial charge in [-0.25, -0.2) is 0 Å². The zero-order valence-electron chi connectivity index (χ0n) is 11.4. The fraction of sp³-hybridized carbons (Fsp3) is 0.600. The first kappa shape index (κ1) is 13.5. The van der Waals surface area contributed by atoms with E-state index in [1.807, 2.05) is 0 Å². The number of hydrogen-bond acceptors (Lipinski definition) is 3. The number of nitrogens with two attached hydrogens (primary N) is 1. The van der Waals surface area contributed by atoms with Crippen LogP contribution in [0.5, 0.6) is 0 Å². The second-order valence-electron chi connectivity index (χ2n) is 5.14. The lowest BCUT2D eigenvalue weighted by Crippen LogP contribution is -2.38. The minimum Gasteiger partial charge on any atom is -0.377 e. The van der Waals surface area contributed by atoms with Crippen LogP contribution in [-0.2, 0) is 4.74 Å². The highest BCUT2D eigenvalue weighted by molar-refractivity contribution is 5.29. The molecule has 2 unspecified atom stereocenters. The second-order valence-corrected chi connectivity index (χ2v) is 5.14. The Labute approximate surface area is 110 Å². The van der Waals surface area contributed by atoms with Gasteiger partial charge in [0, 0.05) is 32.3 Å². The molecule has 3 heteroatoms. The lowest BCUT2D eigenvalue weighted by atomic mass is 9.99. The highest BCUT2D eigenvalue weighted by Gasteiger charge is 2.24. The Morgan fingerprint density at radius 1 is 1.44 bits per heavy atom. The van der Waals surface area contributed by atoms with Gasteiger partial charge < -0.3 is 10.5 Å². The van der Waals surface area contributed by atoms with Crippen molar-refractivity contribution in [2.24, 2.45) is 5.73 Å². The fourth-order valence-corrected chi connectivity index (χ4v) is 2.74. The molecule has 1 saturated heterocycles. The van der Waals surface area contributed by atoms with Gasteiger partial charge in [0.25, 0.3) is 0 Å². The molecule has 0 bridgehead atoms. The number of ether oxygens (including phenoxy) is 1. The normalized spacial score (nSPS) is 23.6. The lowest BCUT2D eigenvalue weighted by Gasteiger charge is -2.31. The molecule has 1 aliphatic rings. The van der Waals surface area contributed by atoms with Crippen molar-refractivity contribution in [3.8, 4) is 0 Å². The summed E-state index contributed by atoms with van der Waals surface area (Å²) in [6.07, 6.45) is 1.39. The highest BCUT2D eigenvalue weighted by Crippen LogP contribution is 2.24. The molecule has 0 saturated carbocycles. The number of rotatable bonds is 3. The van der Waals surface area contributed by atoms with E-state index in [-0.39, 0.29) is 0 Å². The van der Waals surface area contributed by atoms with Crippen molar-refractivity contribution in [1.82, 2.24) is 4.90 Å². The van der Waals surface area contributed by atoms with E-state index in [9.17, 15) is 0 Å². The van der Waals surface area contributed by atoms with E-state index in [1.165, 1.54) is 11.1 Å². The summed E-state index contributed by atoms with van der Waals surface area (Å²) in [4.78, 5) is 2.47. The Morgan fingerprint density at radius 3 is 2.94 bits per heavy atom. The zero-order chi connectivity index (χ0) is 13.0. The van der Waals surface area contributed by atoms with Crippen molar-refractivity contribution in [1.29, 1.82) is 0 Å². The van der Waals surface area contributed by atoms with Gasteiger partial charge in [0.1, 0.15) is 0 Å². The molecule has 2 rings (SSSR count). The minimum absolute atomic E-state index is 0.297. The van der Waals surface area contributed by atoms with E-state index in [2.05, 4.69) is 43.0 Å². The Balaban J connectivity index is 2.19. The molecule has 0 radical (unpaired) electrons. The lowest BCUT2D eigenvalue weighted by molar-refractivity contribution is 0.0611. The summed E-state index contributed by atoms with van der Waals surface area (Å²) in [5, 5.41) is 0. The summed E-state index contributed by atoms with van der Waals surface area (Å²) in [5.41, 5.74) is 8.70. The van der Waals surface area contributed by atoms with Crippen molar-refractivity contribution in [3.63, 3.8) is 0 Å². The molecule has 18 heavy (non-hydrogen) atoms. The van der Waals surface area contributed by atoms with Gasteiger partial charge in [-0.3, -0.25) is 4.90 Å². The molecule has 1 heterocycles. The fourth-order valence-electron chi connectivity index (χ4n) is 2.74. The van der Waals surface area contributed by atoms with Crippen molar-refractivity contribution < 1.29 is 4.74 Å². The van der Waals surface area contributed by atoms with Crippen LogP contribution in [-0.4, -0.2) is 37.2 Å². The Hall–Kier alpha value is -0.900. The summed E-state index contributed by atoms with van der Waals surface area (Å²) in [7, 11) is 0. The van der Waals surface area contributed by atoms with Crippen LogP contribution in [0.1, 0.15) is 30.5 Å². The molecular weight excluding hydrogens is 224 g/mol. The van der Waals surface area contributed by atoms with Gasteiger partial charge in [0.15, 0.2) is 0 Å². The van der Waals surface area contributed by atoms with Crippen molar-refractivity contribution in [2.45, 2.75) is 32.4 Å². The molecule has 2 N–H and O–H groups in total. The van der Waals surface area contributed by atoms with E-state index >= 15 is 0 Å². The third kappa shape index (κ3) is 3.10. The topological polar surface area (TPSA) is 38.5 Å². The maximum Gasteiger partial charge on any atom is 0.0674 e. The molecule has 100 valence electrons. The summed E-state index contributed by atoms with van der Waals surface area (Å²) >= 11 is 0. The number of hydrogen-bond donors (Lipinski definition) is 1. The first-order chi connectivity index (χ1) is 8.72. The van der Waals surface area contributed by atoms with E-state index in [4.69, 9.17) is 10.5 Å². The molecule has 1 aromatic rings. The van der Waals surface area contributed by atoms with Gasteiger partial charge in [-0.05, 0) is 31.4 Å². The first-order valence-electron chi connectivity index (χ1n) is 6.83. The van der Waals surface area contributed by atoms with Crippen LogP contribution in [0.4, 0.5) is 0 Å². The van der Waals surface area contributed by atoms with Gasteiger partial charge in [0.2, 0.25) is 0 Å². The van der Waals surface area contributed by atoms with Gasteiger partial charge >= 0.3 is 0 Å². The van der Waals surface area contributed by atoms with Crippen LogP contribution >= 0.6 is 0 Å². The zero-order valence-corrected chi connectivity index (χ0v) is 11.4. The van der Waals surface area contributed by atoms with Crippen LogP contribution < -0.4 is 5.73 Å². The molecule has 3 nitrogen and oxygen atoms in total. The number of benzene rings is 1. The molecule has 0 amide bonds. The monoisotopic (exact) mass is 248 g/mol. The Kier molecular flexibility index (Phi) is 4.75. The molecule has 1 fully saturated rings. The maximum atomic E-state index is 6.02. The van der Waals surface area contributed by atoms with Gasteiger partial charge in [0.05, 0.1) is 6.10 Å². The Morgan fingerprint density at radius 2 is 2.22 bits per heavy atom. The third-order valence-electron chi connectivity index (χ3n) is 3.70. The van der Waals surface area contributed by atoms with Gasteiger partial charge in [-0.1, -0.05) is 24.3 Å². The van der Waals surface area contributed by atoms with Gasteiger partial charge in [-0.15, -0.1) is 0 Å². The molecule has 0 aliphatic carbocycles. The first-order valence-corrected chi connectivity index (χ1v) is 6.83. The van der Waals surface area contributed by atoms with Gasteiger partial charge in [-0.2, -0.15) is 0 Å². The molecule has 1 aliphatic heterocycles. The van der Waals surface area contributed by atoms with Crippen LogP contribution in [0.3, 0.4) is 0 Å². The predicted molar refractivity (Wildman–Crippen MR) is 74.6 cm³/mol. The largest absolute Gasteiger partial charge is 0.377 e. The SMILES string of the molecule is Cc1ccccc1C(CN)N1CCCOC(C)C1. The van der Waals surface area contributed by atoms with E-state index < -0.39 is 0 Å². The van der Waals surface area contributed by atoms with Crippen molar-refractivity contribution in [3.05, 3.63) is 35.4 Å². The number of nitrogens with zero attached hydrogens (tertiary/aromatic N) is 1. The molecule has 0 spiro atoms. The molecular formula is C15H24N2O. The number of aryl methyl sites for hydroxylation is 1. The molecule has 1 aromatic carbocycles. The summed E-state index contributed by atoms with van der Waals surface area (Å²) < 4.78 is 5.71. The average molecular weight is 248 g/mol. The molecule has 2 atom stereocenters. The third-order valence-corrected chi connectivity index (χ3v) is 3.70. The van der Waals surface area contributed by atoms with E-state index in [0.717, 1.165) is 26.1 Å². The highest BCUT2D eigenvalue weighted by atomic mass is 16.5. The maximum absolute atomic E-state index is 6.02. The van der Waals surface area contributed by atoms with Crippen LogP contribution in [0.2, 0.25) is 0 Å². The predicted octanol–water partition coefficient (Wildman–Crippen LogP) is 2.11. The van der Waals surface area contributed by atoms with Crippen LogP contribution in [0, 0.1) is 6.92 Å². The van der Waals surface area contributed by atoms with Crippen LogP contribution in [0.15, 0.2) is 24.3 Å². The summed E-state index contributed by atoms with van der Waals surface area (Å²) in [6, 6.07) is 8.86. The van der Waals surface area contributed by atoms with E-state index in [1.54, 1.807) is 0 Å². The van der Waals surface area contributed by atoms with Crippen LogP contribution in [0.25, 0.3) is 0 Å². The minimum atomic E-state index is 0.297. The van der Waals surface area contributed by atoms with Crippen molar-refractivity contribution in [2.75, 3.05) is 26.2 Å². The summed E-state index contributed by atoms with van der Waals surface area (Å²) in [5.74, 6) is 0. The quantitative estimate of drug-likeness (QED) is 0.890. The van der Waals surface area contributed by atoms with E-state index in [0.29, 0.717) is 18.7 Å². The second kappa shape index (κ2) is 6.32. The smallest absolute Gasteiger partial charge is 0.0674 e. The average Bonchev–Trinajstić information content (AvgIpc) is 2.57. The summed E-state index contributed by atoms with van der Waals surface area (Å²) in [6.45, 7) is 7.87. The van der Waals surface area contributed by atoms with Crippen molar-refractivity contribution >= 4 is 0 Å². The Bertz CT molecular complexity index is 381.